The summed E-state index contributed by atoms with van der Waals surface area (Å²) in [6.07, 6.45) is 21.3. The quantitative estimate of drug-likeness (QED) is 0.245. The molecule has 0 heterocycles. The van der Waals surface area contributed by atoms with Gasteiger partial charge in [-0.3, -0.25) is 0 Å². The van der Waals surface area contributed by atoms with Gasteiger partial charge in [-0.15, -0.1) is 13.1 Å². The SMILES string of the molecule is CCCCCCCC[N-]CCCCCCCC.CCCCCCO.[Cl-].[Cl-].[Ti]. The molecular weight excluding hydrogens is 413 g/mol. The van der Waals surface area contributed by atoms with E-state index in [1.165, 1.54) is 96.3 Å². The Balaban J connectivity index is -0.000000139. The van der Waals surface area contributed by atoms with Gasteiger partial charge in [-0.1, -0.05) is 117 Å². The van der Waals surface area contributed by atoms with Crippen LogP contribution in [0.2, 0.25) is 0 Å². The molecule has 0 saturated carbocycles. The fraction of sp³-hybridized carbons (Fsp3) is 1.00. The van der Waals surface area contributed by atoms with Crippen molar-refractivity contribution in [1.29, 1.82) is 0 Å². The maximum Gasteiger partial charge on any atom is 0.0431 e. The maximum absolute atomic E-state index is 8.29. The molecule has 0 aromatic heterocycles. The van der Waals surface area contributed by atoms with Gasteiger partial charge in [0, 0.05) is 28.3 Å². The Kier molecular flexibility index (Phi) is 59.7. The Morgan fingerprint density at radius 1 is 0.481 bits per heavy atom. The molecule has 0 aliphatic heterocycles. The Morgan fingerprint density at radius 3 is 1.11 bits per heavy atom. The largest absolute Gasteiger partial charge is 1.00 e. The molecule has 0 spiro atoms. The number of aliphatic hydroxyl groups excluding tert-OH is 1. The monoisotopic (exact) mass is 460 g/mol. The molecule has 0 rings (SSSR count). The van der Waals surface area contributed by atoms with Gasteiger partial charge in [0.2, 0.25) is 0 Å². The van der Waals surface area contributed by atoms with E-state index in [0.29, 0.717) is 6.61 Å². The number of hydrogen-bond acceptors (Lipinski definition) is 1. The van der Waals surface area contributed by atoms with Crippen molar-refractivity contribution in [3.63, 3.8) is 0 Å². The van der Waals surface area contributed by atoms with Crippen LogP contribution in [-0.4, -0.2) is 24.8 Å². The van der Waals surface area contributed by atoms with E-state index in [4.69, 9.17) is 5.11 Å². The van der Waals surface area contributed by atoms with Crippen LogP contribution in [0.1, 0.15) is 124 Å². The Morgan fingerprint density at radius 2 is 0.778 bits per heavy atom. The standard InChI is InChI=1S/C16H34N.C6H14O.2ClH.Ti/c1-3-5-7-9-11-13-15-17-16-14-12-10-8-6-4-2;1-2-3-4-5-6-7;;;/h3-16H2,1-2H3;7H,2-6H2,1H3;2*1H;/q-1;;;;/p-2. The molecule has 168 valence electrons. The summed E-state index contributed by atoms with van der Waals surface area (Å²) in [5.74, 6) is 0. The summed E-state index contributed by atoms with van der Waals surface area (Å²) in [7, 11) is 0. The molecule has 0 bridgehead atoms. The van der Waals surface area contributed by atoms with Crippen molar-refractivity contribution < 1.29 is 51.6 Å². The minimum atomic E-state index is 0. The van der Waals surface area contributed by atoms with E-state index in [-0.39, 0.29) is 46.5 Å². The number of aliphatic hydroxyl groups is 1. The van der Waals surface area contributed by atoms with Crippen LogP contribution in [0.5, 0.6) is 0 Å². The summed E-state index contributed by atoms with van der Waals surface area (Å²) in [5.41, 5.74) is 0. The maximum atomic E-state index is 8.29. The van der Waals surface area contributed by atoms with Gasteiger partial charge in [-0.2, -0.15) is 0 Å². The molecule has 5 heteroatoms. The first kappa shape index (κ1) is 38.8. The molecule has 0 saturated heterocycles. The van der Waals surface area contributed by atoms with E-state index < -0.39 is 0 Å². The van der Waals surface area contributed by atoms with Crippen LogP contribution < -0.4 is 24.8 Å². The Hall–Kier alpha value is 1.21. The van der Waals surface area contributed by atoms with Gasteiger partial charge in [0.25, 0.3) is 0 Å². The summed E-state index contributed by atoms with van der Waals surface area (Å²) in [6, 6.07) is 0. The summed E-state index contributed by atoms with van der Waals surface area (Å²) in [6.45, 7) is 9.30. The number of nitrogens with zero attached hydrogens (tertiary/aromatic N) is 1. The molecule has 2 nitrogen and oxygen atoms in total. The van der Waals surface area contributed by atoms with Gasteiger partial charge in [-0.05, 0) is 6.42 Å². The zero-order valence-corrected chi connectivity index (χ0v) is 21.7. The molecule has 0 aliphatic rings. The molecule has 27 heavy (non-hydrogen) atoms. The molecule has 0 unspecified atom stereocenters. The summed E-state index contributed by atoms with van der Waals surface area (Å²) >= 11 is 0. The first-order chi connectivity index (χ1) is 11.8. The summed E-state index contributed by atoms with van der Waals surface area (Å²) in [4.78, 5) is 0. The molecule has 0 aromatic rings. The van der Waals surface area contributed by atoms with Crippen LogP contribution in [0.15, 0.2) is 0 Å². The van der Waals surface area contributed by atoms with Crippen molar-refractivity contribution in [1.82, 2.24) is 0 Å². The van der Waals surface area contributed by atoms with Crippen molar-refractivity contribution in [2.45, 2.75) is 124 Å². The van der Waals surface area contributed by atoms with Crippen molar-refractivity contribution in [3.05, 3.63) is 5.32 Å². The Bertz CT molecular complexity index is 183. The Labute approximate surface area is 199 Å². The fourth-order valence-corrected chi connectivity index (χ4v) is 2.66. The number of rotatable bonds is 18. The zero-order valence-electron chi connectivity index (χ0n) is 18.6. The number of halogens is 2. The van der Waals surface area contributed by atoms with E-state index in [1.54, 1.807) is 0 Å². The first-order valence-electron chi connectivity index (χ1n) is 11.1. The predicted molar refractivity (Wildman–Crippen MR) is 111 cm³/mol. The minimum Gasteiger partial charge on any atom is -1.00 e. The predicted octanol–water partition coefficient (Wildman–Crippen LogP) is 1.65. The van der Waals surface area contributed by atoms with Crippen molar-refractivity contribution in [2.75, 3.05) is 19.7 Å². The minimum absolute atomic E-state index is 0. The van der Waals surface area contributed by atoms with E-state index in [1.807, 2.05) is 0 Å². The molecule has 0 aromatic carbocycles. The van der Waals surface area contributed by atoms with E-state index in [9.17, 15) is 0 Å². The second kappa shape index (κ2) is 41.6. The fourth-order valence-electron chi connectivity index (χ4n) is 2.66. The summed E-state index contributed by atoms with van der Waals surface area (Å²) < 4.78 is 0. The van der Waals surface area contributed by atoms with E-state index in [0.717, 1.165) is 19.5 Å². The van der Waals surface area contributed by atoms with Gasteiger partial charge in [0.05, 0.1) is 0 Å². The average Bonchev–Trinajstić information content (AvgIpc) is 2.60. The van der Waals surface area contributed by atoms with Gasteiger partial charge in [-0.25, -0.2) is 0 Å². The van der Waals surface area contributed by atoms with Gasteiger partial charge in [0.15, 0.2) is 0 Å². The molecule has 0 amide bonds. The first-order valence-corrected chi connectivity index (χ1v) is 11.1. The van der Waals surface area contributed by atoms with Crippen molar-refractivity contribution in [3.8, 4) is 0 Å². The molecule has 0 aliphatic carbocycles. The molecule has 0 radical (unpaired) electrons. The van der Waals surface area contributed by atoms with E-state index in [2.05, 4.69) is 26.1 Å². The van der Waals surface area contributed by atoms with Crippen LogP contribution in [0.3, 0.4) is 0 Å². The number of hydrogen-bond donors (Lipinski definition) is 1. The molecule has 0 fully saturated rings. The van der Waals surface area contributed by atoms with Crippen LogP contribution in [-0.2, 0) is 21.7 Å². The van der Waals surface area contributed by atoms with Gasteiger partial charge >= 0.3 is 0 Å². The molecular formula is C22H48Cl2NOTi-3. The van der Waals surface area contributed by atoms with Crippen LogP contribution in [0, 0.1) is 0 Å². The van der Waals surface area contributed by atoms with Crippen LogP contribution in [0.4, 0.5) is 0 Å². The van der Waals surface area contributed by atoms with Crippen molar-refractivity contribution in [2.24, 2.45) is 0 Å². The smallest absolute Gasteiger partial charge is 0.0431 e. The van der Waals surface area contributed by atoms with Crippen molar-refractivity contribution >= 4 is 0 Å². The average molecular weight is 461 g/mol. The second-order valence-electron chi connectivity index (χ2n) is 6.99. The third-order valence-corrected chi connectivity index (χ3v) is 4.35. The molecule has 0 atom stereocenters. The zero-order chi connectivity index (χ0) is 18.1. The van der Waals surface area contributed by atoms with Crippen LogP contribution >= 0.6 is 0 Å². The third kappa shape index (κ3) is 46.9. The van der Waals surface area contributed by atoms with E-state index >= 15 is 0 Å². The second-order valence-corrected chi connectivity index (χ2v) is 6.99. The molecule has 1 N–H and O–H groups in total. The number of unbranched alkanes of at least 4 members (excludes halogenated alkanes) is 13. The van der Waals surface area contributed by atoms with Crippen LogP contribution in [0.25, 0.3) is 5.32 Å². The van der Waals surface area contributed by atoms with Gasteiger partial charge in [0.1, 0.15) is 0 Å². The topological polar surface area (TPSA) is 34.3 Å². The third-order valence-electron chi connectivity index (χ3n) is 4.35. The normalized spacial score (nSPS) is 9.33. The summed E-state index contributed by atoms with van der Waals surface area (Å²) in [5, 5.41) is 12.9. The van der Waals surface area contributed by atoms with Gasteiger partial charge < -0.3 is 35.2 Å².